The molecule has 2 aromatic carbocycles. The molecule has 1 saturated heterocycles. The molecule has 1 aliphatic rings. The summed E-state index contributed by atoms with van der Waals surface area (Å²) in [5.41, 5.74) is 2.31. The molecule has 0 bridgehead atoms. The summed E-state index contributed by atoms with van der Waals surface area (Å²) in [5, 5.41) is 2.95. The Kier molecular flexibility index (Phi) is 5.61. The van der Waals surface area contributed by atoms with Gasteiger partial charge in [0.25, 0.3) is 5.91 Å². The zero-order chi connectivity index (χ0) is 18.6. The Morgan fingerprint density at radius 3 is 2.93 bits per heavy atom. The lowest BCUT2D eigenvalue weighted by Crippen LogP contribution is -2.16. The number of nitrogens with one attached hydrogen (secondary N) is 1. The van der Waals surface area contributed by atoms with Crippen LogP contribution >= 0.6 is 23.1 Å². The Balaban J connectivity index is 1.38. The molecule has 5 nitrogen and oxygen atoms in total. The van der Waals surface area contributed by atoms with E-state index in [4.69, 9.17) is 9.47 Å². The van der Waals surface area contributed by atoms with Crippen molar-refractivity contribution in [1.82, 2.24) is 4.98 Å². The minimum Gasteiger partial charge on any atom is -0.491 e. The maximum absolute atomic E-state index is 12.5. The number of amides is 1. The van der Waals surface area contributed by atoms with Crippen LogP contribution in [0.3, 0.4) is 0 Å². The molecular formula is C20H20N2O3S2. The van der Waals surface area contributed by atoms with Gasteiger partial charge in [0, 0.05) is 17.9 Å². The first-order chi connectivity index (χ1) is 13.2. The Bertz CT molecular complexity index is 934. The number of carbonyl (C=O) groups excluding carboxylic acids is 1. The van der Waals surface area contributed by atoms with E-state index in [-0.39, 0.29) is 12.0 Å². The number of benzene rings is 2. The van der Waals surface area contributed by atoms with E-state index in [0.717, 1.165) is 45.4 Å². The SMILES string of the molecule is CSc1nc2ccc(NC(=O)c3ccc(OCC4CCCO4)cc3)cc2s1. The van der Waals surface area contributed by atoms with Crippen molar-refractivity contribution in [3.05, 3.63) is 48.0 Å². The van der Waals surface area contributed by atoms with Gasteiger partial charge in [0.1, 0.15) is 12.4 Å². The van der Waals surface area contributed by atoms with E-state index >= 15 is 0 Å². The van der Waals surface area contributed by atoms with Crippen molar-refractivity contribution in [2.24, 2.45) is 0 Å². The fourth-order valence-electron chi connectivity index (χ4n) is 2.94. The van der Waals surface area contributed by atoms with Gasteiger partial charge in [0.15, 0.2) is 4.34 Å². The summed E-state index contributed by atoms with van der Waals surface area (Å²) in [5.74, 6) is 0.604. The lowest BCUT2D eigenvalue weighted by Gasteiger charge is -2.11. The summed E-state index contributed by atoms with van der Waals surface area (Å²) in [6.07, 6.45) is 4.33. The van der Waals surface area contributed by atoms with Crippen molar-refractivity contribution < 1.29 is 14.3 Å². The molecule has 1 aliphatic heterocycles. The molecule has 1 amide bonds. The standard InChI is InChI=1S/C20H20N2O3S2/c1-26-20-22-17-9-6-14(11-18(17)27-20)21-19(23)13-4-7-15(8-5-13)25-12-16-3-2-10-24-16/h4-9,11,16H,2-3,10,12H2,1H3,(H,21,23). The van der Waals surface area contributed by atoms with Crippen LogP contribution in [0.15, 0.2) is 46.8 Å². The molecule has 1 N–H and O–H groups in total. The molecule has 7 heteroatoms. The van der Waals surface area contributed by atoms with Crippen LogP contribution in [0.4, 0.5) is 5.69 Å². The van der Waals surface area contributed by atoms with E-state index in [1.54, 1.807) is 35.2 Å². The number of hydrogen-bond donors (Lipinski definition) is 1. The highest BCUT2D eigenvalue weighted by molar-refractivity contribution is 8.00. The normalized spacial score (nSPS) is 16.6. The number of fused-ring (bicyclic) bond motifs is 1. The van der Waals surface area contributed by atoms with Crippen molar-refractivity contribution in [2.75, 3.05) is 24.8 Å². The Hall–Kier alpha value is -2.09. The van der Waals surface area contributed by atoms with Gasteiger partial charge in [-0.3, -0.25) is 4.79 Å². The van der Waals surface area contributed by atoms with Gasteiger partial charge in [-0.25, -0.2) is 4.98 Å². The molecular weight excluding hydrogens is 380 g/mol. The Morgan fingerprint density at radius 2 is 2.19 bits per heavy atom. The van der Waals surface area contributed by atoms with E-state index in [2.05, 4.69) is 10.3 Å². The minimum absolute atomic E-state index is 0.144. The fourth-order valence-corrected chi connectivity index (χ4v) is 4.47. The number of nitrogens with zero attached hydrogens (tertiary/aromatic N) is 1. The van der Waals surface area contributed by atoms with E-state index in [9.17, 15) is 4.79 Å². The second-order valence-corrected chi connectivity index (χ2v) is 8.37. The molecule has 0 spiro atoms. The highest BCUT2D eigenvalue weighted by atomic mass is 32.2. The van der Waals surface area contributed by atoms with Crippen molar-refractivity contribution in [1.29, 1.82) is 0 Å². The number of carbonyl (C=O) groups is 1. The third kappa shape index (κ3) is 4.43. The zero-order valence-electron chi connectivity index (χ0n) is 14.9. The van der Waals surface area contributed by atoms with E-state index in [0.29, 0.717) is 12.2 Å². The van der Waals surface area contributed by atoms with Crippen LogP contribution in [0.5, 0.6) is 5.75 Å². The molecule has 0 radical (unpaired) electrons. The van der Waals surface area contributed by atoms with Crippen LogP contribution in [0, 0.1) is 0 Å². The van der Waals surface area contributed by atoms with Gasteiger partial charge in [0.2, 0.25) is 0 Å². The first kappa shape index (κ1) is 18.3. The lowest BCUT2D eigenvalue weighted by molar-refractivity contribution is 0.0679. The maximum atomic E-state index is 12.5. The number of thioether (sulfide) groups is 1. The summed E-state index contributed by atoms with van der Waals surface area (Å²) in [6, 6.07) is 13.0. The van der Waals surface area contributed by atoms with Gasteiger partial charge in [0.05, 0.1) is 16.3 Å². The molecule has 1 atom stereocenters. The number of hydrogen-bond acceptors (Lipinski definition) is 6. The zero-order valence-corrected chi connectivity index (χ0v) is 16.6. The summed E-state index contributed by atoms with van der Waals surface area (Å²) in [7, 11) is 0. The number of anilines is 1. The molecule has 2 heterocycles. The van der Waals surface area contributed by atoms with Crippen molar-refractivity contribution >= 4 is 44.9 Å². The molecule has 4 rings (SSSR count). The molecule has 1 unspecified atom stereocenters. The lowest BCUT2D eigenvalue weighted by atomic mass is 10.2. The van der Waals surface area contributed by atoms with Crippen molar-refractivity contribution in [3.8, 4) is 5.75 Å². The third-order valence-electron chi connectivity index (χ3n) is 4.38. The second kappa shape index (κ2) is 8.29. The van der Waals surface area contributed by atoms with Crippen LogP contribution in [-0.4, -0.2) is 36.5 Å². The van der Waals surface area contributed by atoms with Gasteiger partial charge in [-0.1, -0.05) is 11.8 Å². The smallest absolute Gasteiger partial charge is 0.255 e. The van der Waals surface area contributed by atoms with Gasteiger partial charge in [-0.15, -0.1) is 11.3 Å². The van der Waals surface area contributed by atoms with Crippen LogP contribution in [0.1, 0.15) is 23.2 Å². The summed E-state index contributed by atoms with van der Waals surface area (Å²) in [6.45, 7) is 1.37. The number of rotatable bonds is 6. The van der Waals surface area contributed by atoms with Gasteiger partial charge in [-0.2, -0.15) is 0 Å². The monoisotopic (exact) mass is 400 g/mol. The van der Waals surface area contributed by atoms with E-state index < -0.39 is 0 Å². The number of aromatic nitrogens is 1. The third-order valence-corrected chi connectivity index (χ3v) is 6.38. The minimum atomic E-state index is -0.144. The second-order valence-electron chi connectivity index (χ2n) is 6.29. The summed E-state index contributed by atoms with van der Waals surface area (Å²) >= 11 is 3.25. The largest absolute Gasteiger partial charge is 0.491 e. The number of thiazole rings is 1. The van der Waals surface area contributed by atoms with Gasteiger partial charge in [-0.05, 0) is 61.6 Å². The van der Waals surface area contributed by atoms with Crippen LogP contribution in [0.25, 0.3) is 10.2 Å². The van der Waals surface area contributed by atoms with Crippen LogP contribution in [-0.2, 0) is 4.74 Å². The Labute approximate surface area is 166 Å². The quantitative estimate of drug-likeness (QED) is 0.601. The van der Waals surface area contributed by atoms with Crippen LogP contribution < -0.4 is 10.1 Å². The summed E-state index contributed by atoms with van der Waals surface area (Å²) in [4.78, 5) is 17.0. The van der Waals surface area contributed by atoms with E-state index in [1.165, 1.54) is 0 Å². The maximum Gasteiger partial charge on any atom is 0.255 e. The molecule has 3 aromatic rings. The van der Waals surface area contributed by atoms with E-state index in [1.807, 2.05) is 36.6 Å². The molecule has 140 valence electrons. The molecule has 27 heavy (non-hydrogen) atoms. The molecule has 1 aromatic heterocycles. The molecule has 0 saturated carbocycles. The van der Waals surface area contributed by atoms with Crippen LogP contribution in [0.2, 0.25) is 0 Å². The average Bonchev–Trinajstić information content (AvgIpc) is 3.35. The highest BCUT2D eigenvalue weighted by Gasteiger charge is 2.16. The molecule has 1 fully saturated rings. The first-order valence-corrected chi connectivity index (χ1v) is 10.9. The highest BCUT2D eigenvalue weighted by Crippen LogP contribution is 2.30. The Morgan fingerprint density at radius 1 is 1.33 bits per heavy atom. The number of ether oxygens (including phenoxy) is 2. The fraction of sp³-hybridized carbons (Fsp3) is 0.300. The predicted octanol–water partition coefficient (Wildman–Crippen LogP) is 4.83. The predicted molar refractivity (Wildman–Crippen MR) is 110 cm³/mol. The summed E-state index contributed by atoms with van der Waals surface area (Å²) < 4.78 is 13.4. The topological polar surface area (TPSA) is 60.5 Å². The first-order valence-electron chi connectivity index (χ1n) is 8.82. The molecule has 0 aliphatic carbocycles. The van der Waals surface area contributed by atoms with Gasteiger partial charge >= 0.3 is 0 Å². The van der Waals surface area contributed by atoms with Crippen molar-refractivity contribution in [2.45, 2.75) is 23.3 Å². The average molecular weight is 401 g/mol. The van der Waals surface area contributed by atoms with Crippen molar-refractivity contribution in [3.63, 3.8) is 0 Å². The van der Waals surface area contributed by atoms with Gasteiger partial charge < -0.3 is 14.8 Å².